The number of aromatic carboxylic acids is 1. The number of hydrogen-bond acceptors (Lipinski definition) is 4. The molecule has 106 valence electrons. The zero-order valence-corrected chi connectivity index (χ0v) is 11.0. The van der Waals surface area contributed by atoms with Crippen LogP contribution in [0.15, 0.2) is 46.9 Å². The zero-order valence-electron chi connectivity index (χ0n) is 11.0. The number of rotatable bonds is 7. The van der Waals surface area contributed by atoms with E-state index in [1.165, 1.54) is 6.07 Å². The van der Waals surface area contributed by atoms with Crippen LogP contribution < -0.4 is 0 Å². The lowest BCUT2D eigenvalue weighted by molar-refractivity contribution is 0.0657. The molecule has 0 spiro atoms. The van der Waals surface area contributed by atoms with Crippen molar-refractivity contribution in [3.63, 3.8) is 0 Å². The summed E-state index contributed by atoms with van der Waals surface area (Å²) in [4.78, 5) is 12.8. The smallest absolute Gasteiger partial charge is 0.371 e. The third kappa shape index (κ3) is 3.94. The van der Waals surface area contributed by atoms with Crippen molar-refractivity contribution < 1.29 is 19.4 Å². The van der Waals surface area contributed by atoms with Gasteiger partial charge in [0.2, 0.25) is 5.76 Å². The predicted octanol–water partition coefficient (Wildman–Crippen LogP) is 1.97. The minimum absolute atomic E-state index is 0.0410. The van der Waals surface area contributed by atoms with Crippen LogP contribution in [0.1, 0.15) is 21.9 Å². The maximum absolute atomic E-state index is 10.8. The maximum Gasteiger partial charge on any atom is 0.371 e. The molecular formula is C15H17NO4. The Hall–Kier alpha value is -2.11. The molecule has 5 heteroatoms. The van der Waals surface area contributed by atoms with E-state index in [0.717, 1.165) is 5.56 Å². The van der Waals surface area contributed by atoms with Gasteiger partial charge < -0.3 is 14.6 Å². The summed E-state index contributed by atoms with van der Waals surface area (Å²) in [7, 11) is 0. The van der Waals surface area contributed by atoms with Gasteiger partial charge >= 0.3 is 5.97 Å². The van der Waals surface area contributed by atoms with Gasteiger partial charge in [-0.2, -0.15) is 0 Å². The van der Waals surface area contributed by atoms with E-state index in [4.69, 9.17) is 14.6 Å². The summed E-state index contributed by atoms with van der Waals surface area (Å²) in [5, 5.41) is 17.9. The Morgan fingerprint density at radius 1 is 1.10 bits per heavy atom. The first-order valence-corrected chi connectivity index (χ1v) is 6.38. The van der Waals surface area contributed by atoms with Crippen LogP contribution in [0.25, 0.3) is 0 Å². The van der Waals surface area contributed by atoms with E-state index in [1.807, 2.05) is 35.2 Å². The Morgan fingerprint density at radius 3 is 2.45 bits per heavy atom. The molecule has 2 N–H and O–H groups in total. The molecule has 20 heavy (non-hydrogen) atoms. The molecule has 0 radical (unpaired) electrons. The highest BCUT2D eigenvalue weighted by atomic mass is 16.4. The van der Waals surface area contributed by atoms with Gasteiger partial charge in [0.1, 0.15) is 5.76 Å². The van der Waals surface area contributed by atoms with Gasteiger partial charge in [0.25, 0.3) is 0 Å². The van der Waals surface area contributed by atoms with Gasteiger partial charge in [0, 0.05) is 13.1 Å². The number of aliphatic hydroxyl groups excluding tert-OH is 1. The number of nitrogens with zero attached hydrogens (tertiary/aromatic N) is 1. The molecule has 5 nitrogen and oxygen atoms in total. The van der Waals surface area contributed by atoms with Gasteiger partial charge in [0.05, 0.1) is 13.2 Å². The molecule has 0 atom stereocenters. The van der Waals surface area contributed by atoms with Crippen molar-refractivity contribution in [3.05, 3.63) is 59.5 Å². The molecule has 0 aliphatic rings. The molecule has 2 aromatic rings. The molecular weight excluding hydrogens is 258 g/mol. The quantitative estimate of drug-likeness (QED) is 0.808. The summed E-state index contributed by atoms with van der Waals surface area (Å²) < 4.78 is 5.24. The van der Waals surface area contributed by atoms with Gasteiger partial charge in [-0.25, -0.2) is 4.79 Å². The maximum atomic E-state index is 10.8. The van der Waals surface area contributed by atoms with E-state index in [2.05, 4.69) is 0 Å². The Bertz CT molecular complexity index is 550. The fourth-order valence-electron chi connectivity index (χ4n) is 2.00. The van der Waals surface area contributed by atoms with Crippen molar-refractivity contribution in [1.82, 2.24) is 4.90 Å². The zero-order chi connectivity index (χ0) is 14.4. The van der Waals surface area contributed by atoms with Crippen molar-refractivity contribution in [2.24, 2.45) is 0 Å². The number of carboxylic acid groups (broad SMARTS) is 1. The first-order chi connectivity index (χ1) is 9.69. The van der Waals surface area contributed by atoms with Crippen LogP contribution in [0, 0.1) is 0 Å². The van der Waals surface area contributed by atoms with Crippen molar-refractivity contribution in [1.29, 1.82) is 0 Å². The number of carbonyl (C=O) groups is 1. The van der Waals surface area contributed by atoms with E-state index in [-0.39, 0.29) is 12.4 Å². The van der Waals surface area contributed by atoms with E-state index >= 15 is 0 Å². The SMILES string of the molecule is O=C(O)c1ccc(CN(CCO)Cc2ccccc2)o1. The third-order valence-electron chi connectivity index (χ3n) is 2.92. The number of benzene rings is 1. The standard InChI is InChI=1S/C15H17NO4/c17-9-8-16(10-12-4-2-1-3-5-12)11-13-6-7-14(20-13)15(18)19/h1-7,17H,8-11H2,(H,18,19). The summed E-state index contributed by atoms with van der Waals surface area (Å²) in [6, 6.07) is 13.0. The Labute approximate surface area is 117 Å². The minimum atomic E-state index is -1.08. The molecule has 0 amide bonds. The van der Waals surface area contributed by atoms with Crippen LogP contribution in [0.2, 0.25) is 0 Å². The molecule has 0 bridgehead atoms. The molecule has 2 rings (SSSR count). The normalized spacial score (nSPS) is 10.9. The molecule has 0 aliphatic carbocycles. The summed E-state index contributed by atoms with van der Waals surface area (Å²) >= 11 is 0. The average Bonchev–Trinajstić information content (AvgIpc) is 2.89. The topological polar surface area (TPSA) is 73.9 Å². The van der Waals surface area contributed by atoms with Gasteiger partial charge in [-0.3, -0.25) is 4.90 Å². The van der Waals surface area contributed by atoms with Crippen molar-refractivity contribution >= 4 is 5.97 Å². The molecule has 1 aromatic heterocycles. The lowest BCUT2D eigenvalue weighted by Crippen LogP contribution is -2.25. The Kier molecular flexibility index (Phi) is 4.92. The predicted molar refractivity (Wildman–Crippen MR) is 73.3 cm³/mol. The van der Waals surface area contributed by atoms with Gasteiger partial charge in [-0.15, -0.1) is 0 Å². The highest BCUT2D eigenvalue weighted by Gasteiger charge is 2.12. The lowest BCUT2D eigenvalue weighted by Gasteiger charge is -2.20. The molecule has 0 fully saturated rings. The summed E-state index contributed by atoms with van der Waals surface area (Å²) in [5.74, 6) is -0.566. The van der Waals surface area contributed by atoms with Crippen LogP contribution in [-0.4, -0.2) is 34.2 Å². The molecule has 0 aliphatic heterocycles. The van der Waals surface area contributed by atoms with Crippen LogP contribution in [0.5, 0.6) is 0 Å². The minimum Gasteiger partial charge on any atom is -0.475 e. The van der Waals surface area contributed by atoms with Crippen molar-refractivity contribution in [3.8, 4) is 0 Å². The molecule has 0 saturated carbocycles. The van der Waals surface area contributed by atoms with Crippen LogP contribution in [0.3, 0.4) is 0 Å². The van der Waals surface area contributed by atoms with Crippen LogP contribution in [0.4, 0.5) is 0 Å². The summed E-state index contributed by atoms with van der Waals surface area (Å²) in [5.41, 5.74) is 1.13. The Morgan fingerprint density at radius 2 is 1.85 bits per heavy atom. The number of furan rings is 1. The van der Waals surface area contributed by atoms with Gasteiger partial charge in [0.15, 0.2) is 0 Å². The molecule has 1 aromatic carbocycles. The molecule has 0 saturated heterocycles. The number of aliphatic hydroxyl groups is 1. The van der Waals surface area contributed by atoms with Crippen molar-refractivity contribution in [2.75, 3.05) is 13.2 Å². The van der Waals surface area contributed by atoms with E-state index in [9.17, 15) is 4.79 Å². The third-order valence-corrected chi connectivity index (χ3v) is 2.92. The fraction of sp³-hybridized carbons (Fsp3) is 0.267. The average molecular weight is 275 g/mol. The number of carboxylic acids is 1. The van der Waals surface area contributed by atoms with Gasteiger partial charge in [-0.05, 0) is 17.7 Å². The van der Waals surface area contributed by atoms with Gasteiger partial charge in [-0.1, -0.05) is 30.3 Å². The highest BCUT2D eigenvalue weighted by Crippen LogP contribution is 2.13. The van der Waals surface area contributed by atoms with E-state index in [1.54, 1.807) is 6.07 Å². The second-order valence-corrected chi connectivity index (χ2v) is 4.49. The lowest BCUT2D eigenvalue weighted by atomic mass is 10.2. The fourth-order valence-corrected chi connectivity index (χ4v) is 2.00. The second kappa shape index (κ2) is 6.88. The summed E-state index contributed by atoms with van der Waals surface area (Å²) in [6.07, 6.45) is 0. The van der Waals surface area contributed by atoms with E-state index in [0.29, 0.717) is 25.4 Å². The Balaban J connectivity index is 2.02. The first-order valence-electron chi connectivity index (χ1n) is 6.38. The first kappa shape index (κ1) is 14.3. The monoisotopic (exact) mass is 275 g/mol. The second-order valence-electron chi connectivity index (χ2n) is 4.49. The van der Waals surface area contributed by atoms with E-state index < -0.39 is 5.97 Å². The largest absolute Gasteiger partial charge is 0.475 e. The number of hydrogen-bond donors (Lipinski definition) is 2. The van der Waals surface area contributed by atoms with Crippen molar-refractivity contribution in [2.45, 2.75) is 13.1 Å². The molecule has 1 heterocycles. The van der Waals surface area contributed by atoms with Crippen LogP contribution >= 0.6 is 0 Å². The highest BCUT2D eigenvalue weighted by molar-refractivity contribution is 5.84. The summed E-state index contributed by atoms with van der Waals surface area (Å²) in [6.45, 7) is 1.67. The molecule has 0 unspecified atom stereocenters. The van der Waals surface area contributed by atoms with Crippen LogP contribution in [-0.2, 0) is 13.1 Å².